The Morgan fingerprint density at radius 3 is 2.68 bits per heavy atom. The minimum atomic E-state index is -0.476. The summed E-state index contributed by atoms with van der Waals surface area (Å²) in [5.41, 5.74) is 6.52. The summed E-state index contributed by atoms with van der Waals surface area (Å²) < 4.78 is 5.33. The minimum absolute atomic E-state index is 0.460. The van der Waals surface area contributed by atoms with Gasteiger partial charge in [0.2, 0.25) is 11.7 Å². The van der Waals surface area contributed by atoms with E-state index in [0.717, 1.165) is 25.7 Å². The minimum Gasteiger partial charge on any atom is -0.337 e. The Bertz CT molecular complexity index is 560. The molecule has 0 radical (unpaired) electrons. The molecule has 2 aromatic rings. The largest absolute Gasteiger partial charge is 0.337 e. The quantitative estimate of drug-likeness (QED) is 0.914. The van der Waals surface area contributed by atoms with Crippen LogP contribution in [0, 0.1) is 0 Å². The van der Waals surface area contributed by atoms with Crippen LogP contribution < -0.4 is 5.73 Å². The molecule has 2 heterocycles. The third-order valence-corrected chi connectivity index (χ3v) is 3.78. The fraction of sp³-hybridized carbons (Fsp3) is 0.462. The highest BCUT2D eigenvalue weighted by Gasteiger charge is 2.35. The van der Waals surface area contributed by atoms with Gasteiger partial charge in [-0.15, -0.1) is 0 Å². The van der Waals surface area contributed by atoms with Crippen molar-refractivity contribution < 1.29 is 4.52 Å². The van der Waals surface area contributed by atoms with Crippen LogP contribution >= 0.6 is 11.6 Å². The Kier molecular flexibility index (Phi) is 3.24. The molecular formula is C13H15ClN4O. The molecule has 3 rings (SSSR count). The number of nitrogens with zero attached hydrogens (tertiary/aromatic N) is 3. The van der Waals surface area contributed by atoms with E-state index < -0.39 is 5.54 Å². The monoisotopic (exact) mass is 278 g/mol. The van der Waals surface area contributed by atoms with Gasteiger partial charge in [0.1, 0.15) is 5.69 Å². The van der Waals surface area contributed by atoms with Crippen molar-refractivity contribution >= 4 is 11.6 Å². The van der Waals surface area contributed by atoms with Crippen LogP contribution in [0.2, 0.25) is 5.02 Å². The second kappa shape index (κ2) is 4.90. The molecule has 0 bridgehead atoms. The average Bonchev–Trinajstić information content (AvgIpc) is 2.91. The normalized spacial score (nSPS) is 18.4. The van der Waals surface area contributed by atoms with Crippen molar-refractivity contribution in [1.82, 2.24) is 15.1 Å². The number of hydrogen-bond donors (Lipinski definition) is 1. The van der Waals surface area contributed by atoms with Gasteiger partial charge in [-0.25, -0.2) is 0 Å². The second-order valence-corrected chi connectivity index (χ2v) is 5.44. The van der Waals surface area contributed by atoms with Crippen molar-refractivity contribution in [2.45, 2.75) is 37.6 Å². The third kappa shape index (κ3) is 2.48. The number of nitrogens with two attached hydrogens (primary N) is 1. The van der Waals surface area contributed by atoms with E-state index in [4.69, 9.17) is 21.9 Å². The zero-order valence-electron chi connectivity index (χ0n) is 10.5. The van der Waals surface area contributed by atoms with Crippen molar-refractivity contribution in [1.29, 1.82) is 0 Å². The number of rotatable bonds is 2. The van der Waals surface area contributed by atoms with Gasteiger partial charge in [0, 0.05) is 6.20 Å². The SMILES string of the molecule is NC1(c2nc(-c3ccc(Cl)cn3)no2)CCCCC1. The van der Waals surface area contributed by atoms with E-state index in [1.165, 1.54) is 6.42 Å². The smallest absolute Gasteiger partial charge is 0.247 e. The number of pyridine rings is 1. The van der Waals surface area contributed by atoms with Crippen LogP contribution in [0.3, 0.4) is 0 Å². The van der Waals surface area contributed by atoms with E-state index in [2.05, 4.69) is 15.1 Å². The van der Waals surface area contributed by atoms with Gasteiger partial charge < -0.3 is 10.3 Å². The van der Waals surface area contributed by atoms with E-state index in [-0.39, 0.29) is 0 Å². The maximum Gasteiger partial charge on any atom is 0.247 e. The van der Waals surface area contributed by atoms with Crippen LogP contribution in [-0.2, 0) is 5.54 Å². The molecule has 0 spiro atoms. The molecular weight excluding hydrogens is 264 g/mol. The molecule has 1 aliphatic rings. The number of halogens is 1. The second-order valence-electron chi connectivity index (χ2n) is 5.00. The molecule has 6 heteroatoms. The van der Waals surface area contributed by atoms with Crippen LogP contribution in [0.15, 0.2) is 22.9 Å². The standard InChI is InChI=1S/C13H15ClN4O/c14-9-4-5-10(16-8-9)11-17-12(19-18-11)13(15)6-2-1-3-7-13/h4-5,8H,1-3,6-7,15H2. The molecule has 1 fully saturated rings. The van der Waals surface area contributed by atoms with Gasteiger partial charge in [0.15, 0.2) is 0 Å². The molecule has 2 N–H and O–H groups in total. The predicted molar refractivity (Wildman–Crippen MR) is 71.5 cm³/mol. The van der Waals surface area contributed by atoms with E-state index in [1.54, 1.807) is 18.3 Å². The zero-order chi connectivity index (χ0) is 13.3. The summed E-state index contributed by atoms with van der Waals surface area (Å²) in [4.78, 5) is 8.57. The van der Waals surface area contributed by atoms with Gasteiger partial charge >= 0.3 is 0 Å². The Balaban J connectivity index is 1.88. The highest BCUT2D eigenvalue weighted by atomic mass is 35.5. The lowest BCUT2D eigenvalue weighted by molar-refractivity contribution is 0.220. The molecule has 0 atom stereocenters. The molecule has 1 aliphatic carbocycles. The maximum absolute atomic E-state index is 6.36. The van der Waals surface area contributed by atoms with E-state index in [9.17, 15) is 0 Å². The summed E-state index contributed by atoms with van der Waals surface area (Å²) in [6.07, 6.45) is 6.77. The lowest BCUT2D eigenvalue weighted by Gasteiger charge is -2.29. The van der Waals surface area contributed by atoms with Gasteiger partial charge in [-0.1, -0.05) is 36.0 Å². The molecule has 19 heavy (non-hydrogen) atoms. The summed E-state index contributed by atoms with van der Waals surface area (Å²) in [5, 5.41) is 4.54. The van der Waals surface area contributed by atoms with Crippen molar-refractivity contribution in [2.24, 2.45) is 5.73 Å². The molecule has 2 aromatic heterocycles. The first-order valence-corrected chi connectivity index (χ1v) is 6.80. The molecule has 0 saturated heterocycles. The van der Waals surface area contributed by atoms with E-state index in [1.807, 2.05) is 0 Å². The van der Waals surface area contributed by atoms with Crippen LogP contribution in [0.1, 0.15) is 38.0 Å². The molecule has 0 amide bonds. The summed E-state index contributed by atoms with van der Waals surface area (Å²) in [7, 11) is 0. The first kappa shape index (κ1) is 12.6. The van der Waals surface area contributed by atoms with Gasteiger partial charge in [0.25, 0.3) is 0 Å². The fourth-order valence-electron chi connectivity index (χ4n) is 2.43. The van der Waals surface area contributed by atoms with Crippen LogP contribution in [0.5, 0.6) is 0 Å². The van der Waals surface area contributed by atoms with Crippen LogP contribution in [0.4, 0.5) is 0 Å². The Morgan fingerprint density at radius 2 is 2.00 bits per heavy atom. The zero-order valence-corrected chi connectivity index (χ0v) is 11.2. The summed E-state index contributed by atoms with van der Waals surface area (Å²) in [6.45, 7) is 0. The lowest BCUT2D eigenvalue weighted by atomic mass is 9.82. The Morgan fingerprint density at radius 1 is 1.21 bits per heavy atom. The Labute approximate surface area is 116 Å². The summed E-state index contributed by atoms with van der Waals surface area (Å²) >= 11 is 5.80. The first-order valence-electron chi connectivity index (χ1n) is 6.42. The third-order valence-electron chi connectivity index (χ3n) is 3.55. The van der Waals surface area contributed by atoms with Crippen molar-refractivity contribution in [2.75, 3.05) is 0 Å². The van der Waals surface area contributed by atoms with Gasteiger partial charge in [-0.05, 0) is 25.0 Å². The van der Waals surface area contributed by atoms with Gasteiger partial charge in [0.05, 0.1) is 10.6 Å². The number of hydrogen-bond acceptors (Lipinski definition) is 5. The van der Waals surface area contributed by atoms with E-state index in [0.29, 0.717) is 22.4 Å². The lowest BCUT2D eigenvalue weighted by Crippen LogP contribution is -2.38. The predicted octanol–water partition coefficient (Wildman–Crippen LogP) is 2.90. The topological polar surface area (TPSA) is 77.8 Å². The van der Waals surface area contributed by atoms with Crippen molar-refractivity contribution in [3.63, 3.8) is 0 Å². The van der Waals surface area contributed by atoms with Crippen LogP contribution in [-0.4, -0.2) is 15.1 Å². The molecule has 100 valence electrons. The van der Waals surface area contributed by atoms with E-state index >= 15 is 0 Å². The van der Waals surface area contributed by atoms with Gasteiger partial charge in [-0.2, -0.15) is 4.98 Å². The highest BCUT2D eigenvalue weighted by molar-refractivity contribution is 6.30. The van der Waals surface area contributed by atoms with Gasteiger partial charge in [-0.3, -0.25) is 4.98 Å². The molecule has 0 aromatic carbocycles. The van der Waals surface area contributed by atoms with Crippen molar-refractivity contribution in [3.8, 4) is 11.5 Å². The average molecular weight is 279 g/mol. The molecule has 5 nitrogen and oxygen atoms in total. The maximum atomic E-state index is 6.36. The summed E-state index contributed by atoms with van der Waals surface area (Å²) in [6, 6.07) is 3.51. The van der Waals surface area contributed by atoms with Crippen molar-refractivity contribution in [3.05, 3.63) is 29.2 Å². The fourth-order valence-corrected chi connectivity index (χ4v) is 2.55. The molecule has 0 unspecified atom stereocenters. The molecule has 0 aliphatic heterocycles. The summed E-state index contributed by atoms with van der Waals surface area (Å²) in [5.74, 6) is 0.973. The van der Waals surface area contributed by atoms with Crippen LogP contribution in [0.25, 0.3) is 11.5 Å². The highest BCUT2D eigenvalue weighted by Crippen LogP contribution is 2.34. The number of aromatic nitrogens is 3. The molecule has 1 saturated carbocycles. The Hall–Kier alpha value is -1.46. The first-order chi connectivity index (χ1) is 9.17.